The van der Waals surface area contributed by atoms with Gasteiger partial charge in [0.15, 0.2) is 0 Å². The molecule has 0 saturated heterocycles. The molecule has 0 saturated carbocycles. The highest BCUT2D eigenvalue weighted by Gasteiger charge is 2.16. The molecule has 2 aromatic heterocycles. The lowest BCUT2D eigenvalue weighted by Gasteiger charge is -2.13. The van der Waals surface area contributed by atoms with Crippen molar-refractivity contribution in [1.29, 1.82) is 0 Å². The van der Waals surface area contributed by atoms with Crippen LogP contribution in [0.4, 0.5) is 0 Å². The fourth-order valence-corrected chi connectivity index (χ4v) is 4.25. The lowest BCUT2D eigenvalue weighted by atomic mass is 9.95. The Morgan fingerprint density at radius 1 is 1.07 bits per heavy atom. The van der Waals surface area contributed by atoms with Gasteiger partial charge in [0.25, 0.3) is 0 Å². The number of hydrogen-bond acceptors (Lipinski definition) is 5. The molecule has 7 nitrogen and oxygen atoms in total. The molecule has 9 heteroatoms. The van der Waals surface area contributed by atoms with Gasteiger partial charge in [-0.05, 0) is 53.1 Å². The van der Waals surface area contributed by atoms with Crippen LogP contribution in [0, 0.1) is 0 Å². The molecule has 4 rings (SSSR count). The highest BCUT2D eigenvalue weighted by Crippen LogP contribution is 2.34. The number of hydrogen-bond donors (Lipinski definition) is 2. The lowest BCUT2D eigenvalue weighted by Crippen LogP contribution is -2.11. The minimum Gasteiger partial charge on any atom is -0.366 e. The van der Waals surface area contributed by atoms with Crippen LogP contribution in [0.5, 0.6) is 0 Å². The summed E-state index contributed by atoms with van der Waals surface area (Å²) in [5.41, 5.74) is 9.61. The highest BCUT2D eigenvalue weighted by atomic mass is 35.5. The van der Waals surface area contributed by atoms with E-state index in [9.17, 15) is 9.00 Å². The Morgan fingerprint density at radius 3 is 2.63 bits per heavy atom. The third kappa shape index (κ3) is 4.14. The summed E-state index contributed by atoms with van der Waals surface area (Å²) in [7, 11) is -1.43. The molecule has 0 aliphatic rings. The van der Waals surface area contributed by atoms with Gasteiger partial charge in [0.2, 0.25) is 11.1 Å². The number of aromatic nitrogens is 4. The Hall–Kier alpha value is -3.36. The molecule has 1 amide bonds. The van der Waals surface area contributed by atoms with Crippen LogP contribution in [0.1, 0.15) is 15.9 Å². The lowest BCUT2D eigenvalue weighted by molar-refractivity contribution is 0.100. The van der Waals surface area contributed by atoms with E-state index in [4.69, 9.17) is 17.3 Å². The number of amides is 1. The van der Waals surface area contributed by atoms with Gasteiger partial charge in [0, 0.05) is 22.3 Å². The molecular formula is C21H16ClN5O2S. The fourth-order valence-electron chi connectivity index (χ4n) is 3.05. The van der Waals surface area contributed by atoms with Crippen LogP contribution in [0.25, 0.3) is 22.4 Å². The Labute approximate surface area is 179 Å². The predicted molar refractivity (Wildman–Crippen MR) is 115 cm³/mol. The number of carbonyl (C=O) groups excluding carboxylic acids is 1. The summed E-state index contributed by atoms with van der Waals surface area (Å²) in [5, 5.41) is 7.20. The standard InChI is InChI=1S/C21H16ClN5O2S/c22-18-7-6-13(9-17(18)19-3-1-2-8-24-19)16-10-14(20(23)28)4-5-15(16)11-30(29)21-25-12-26-27-21/h1-10,12H,11H2,(H2,23,28)(H,25,26,27). The van der Waals surface area contributed by atoms with Crippen molar-refractivity contribution >= 4 is 28.3 Å². The van der Waals surface area contributed by atoms with E-state index < -0.39 is 16.7 Å². The van der Waals surface area contributed by atoms with Crippen LogP contribution >= 0.6 is 11.6 Å². The summed E-state index contributed by atoms with van der Waals surface area (Å²) in [6, 6.07) is 16.1. The van der Waals surface area contributed by atoms with E-state index in [0.29, 0.717) is 10.6 Å². The molecule has 0 aliphatic heterocycles. The maximum absolute atomic E-state index is 12.7. The number of benzene rings is 2. The molecule has 2 aromatic carbocycles. The van der Waals surface area contributed by atoms with Crippen LogP contribution < -0.4 is 5.73 Å². The highest BCUT2D eigenvalue weighted by molar-refractivity contribution is 7.84. The monoisotopic (exact) mass is 437 g/mol. The third-order valence-electron chi connectivity index (χ3n) is 4.51. The molecule has 0 bridgehead atoms. The second kappa shape index (κ2) is 8.56. The molecular weight excluding hydrogens is 422 g/mol. The summed E-state index contributed by atoms with van der Waals surface area (Å²) in [6.07, 6.45) is 3.00. The van der Waals surface area contributed by atoms with E-state index in [1.807, 2.05) is 30.3 Å². The SMILES string of the molecule is NC(=O)c1ccc(CS(=O)c2ncn[nH]2)c(-c2ccc(Cl)c(-c3ccccn3)c2)c1. The van der Waals surface area contributed by atoms with Crippen LogP contribution in [-0.4, -0.2) is 30.3 Å². The van der Waals surface area contributed by atoms with Gasteiger partial charge in [0.05, 0.1) is 22.2 Å². The van der Waals surface area contributed by atoms with Gasteiger partial charge < -0.3 is 5.73 Å². The molecule has 0 radical (unpaired) electrons. The van der Waals surface area contributed by atoms with Crippen molar-refractivity contribution in [3.8, 4) is 22.4 Å². The zero-order valence-electron chi connectivity index (χ0n) is 15.6. The Bertz CT molecular complexity index is 1230. The van der Waals surface area contributed by atoms with Gasteiger partial charge in [-0.3, -0.25) is 19.1 Å². The van der Waals surface area contributed by atoms with Gasteiger partial charge in [-0.15, -0.1) is 0 Å². The van der Waals surface area contributed by atoms with Gasteiger partial charge in [0.1, 0.15) is 6.33 Å². The number of nitrogens with one attached hydrogen (secondary N) is 1. The summed E-state index contributed by atoms with van der Waals surface area (Å²) in [4.78, 5) is 20.1. The second-order valence-electron chi connectivity index (χ2n) is 6.43. The number of rotatable bonds is 6. The number of pyridine rings is 1. The zero-order valence-corrected chi connectivity index (χ0v) is 17.2. The fraction of sp³-hybridized carbons (Fsp3) is 0.0476. The van der Waals surface area contributed by atoms with Gasteiger partial charge in [-0.25, -0.2) is 4.98 Å². The average molecular weight is 438 g/mol. The smallest absolute Gasteiger partial charge is 0.248 e. The van der Waals surface area contributed by atoms with Crippen molar-refractivity contribution in [3.05, 3.63) is 83.3 Å². The molecule has 3 N–H and O–H groups in total. The number of primary amides is 1. The van der Waals surface area contributed by atoms with E-state index in [1.165, 1.54) is 6.33 Å². The maximum Gasteiger partial charge on any atom is 0.248 e. The summed E-state index contributed by atoms with van der Waals surface area (Å²) < 4.78 is 12.7. The van der Waals surface area contributed by atoms with Crippen molar-refractivity contribution < 1.29 is 9.00 Å². The molecule has 1 unspecified atom stereocenters. The summed E-state index contributed by atoms with van der Waals surface area (Å²) >= 11 is 6.41. The van der Waals surface area contributed by atoms with E-state index in [0.717, 1.165) is 27.9 Å². The number of H-pyrrole nitrogens is 1. The largest absolute Gasteiger partial charge is 0.366 e. The summed E-state index contributed by atoms with van der Waals surface area (Å²) in [5.74, 6) is -0.358. The minimum atomic E-state index is -1.43. The molecule has 0 spiro atoms. The zero-order chi connectivity index (χ0) is 21.1. The van der Waals surface area contributed by atoms with E-state index in [-0.39, 0.29) is 10.9 Å². The second-order valence-corrected chi connectivity index (χ2v) is 8.20. The first-order valence-electron chi connectivity index (χ1n) is 8.90. The quantitative estimate of drug-likeness (QED) is 0.478. The predicted octanol–water partition coefficient (Wildman–Crippen LogP) is 3.59. The number of aromatic amines is 1. The van der Waals surface area contributed by atoms with Crippen molar-refractivity contribution in [2.75, 3.05) is 0 Å². The first kappa shape index (κ1) is 19.9. The Kier molecular flexibility index (Phi) is 5.69. The number of halogens is 1. The number of nitrogens with zero attached hydrogens (tertiary/aromatic N) is 3. The van der Waals surface area contributed by atoms with Gasteiger partial charge in [-0.2, -0.15) is 5.10 Å². The minimum absolute atomic E-state index is 0.186. The van der Waals surface area contributed by atoms with Gasteiger partial charge in [-0.1, -0.05) is 29.8 Å². The maximum atomic E-state index is 12.7. The molecule has 30 heavy (non-hydrogen) atoms. The molecule has 0 fully saturated rings. The van der Waals surface area contributed by atoms with E-state index in [2.05, 4.69) is 20.2 Å². The molecule has 150 valence electrons. The number of carbonyl (C=O) groups is 1. The van der Waals surface area contributed by atoms with E-state index in [1.54, 1.807) is 30.5 Å². The van der Waals surface area contributed by atoms with Crippen LogP contribution in [0.2, 0.25) is 5.02 Å². The topological polar surface area (TPSA) is 115 Å². The molecule has 1 atom stereocenters. The molecule has 4 aromatic rings. The van der Waals surface area contributed by atoms with Crippen LogP contribution in [-0.2, 0) is 16.6 Å². The first-order chi connectivity index (χ1) is 14.5. The third-order valence-corrected chi connectivity index (χ3v) is 6.04. The summed E-state index contributed by atoms with van der Waals surface area (Å²) in [6.45, 7) is 0. The van der Waals surface area contributed by atoms with Crippen molar-refractivity contribution in [2.24, 2.45) is 5.73 Å². The first-order valence-corrected chi connectivity index (χ1v) is 10.6. The molecule has 2 heterocycles. The van der Waals surface area contributed by atoms with Crippen molar-refractivity contribution in [2.45, 2.75) is 10.9 Å². The van der Waals surface area contributed by atoms with Crippen molar-refractivity contribution in [1.82, 2.24) is 20.2 Å². The van der Waals surface area contributed by atoms with Crippen molar-refractivity contribution in [3.63, 3.8) is 0 Å². The van der Waals surface area contributed by atoms with Crippen LogP contribution in [0.3, 0.4) is 0 Å². The average Bonchev–Trinajstić information content (AvgIpc) is 3.30. The Morgan fingerprint density at radius 2 is 1.93 bits per heavy atom. The van der Waals surface area contributed by atoms with Gasteiger partial charge >= 0.3 is 0 Å². The van der Waals surface area contributed by atoms with Crippen LogP contribution in [0.15, 0.2) is 72.3 Å². The molecule has 0 aliphatic carbocycles. The normalized spacial score (nSPS) is 11.9. The van der Waals surface area contributed by atoms with E-state index >= 15 is 0 Å². The number of nitrogens with two attached hydrogens (primary N) is 1. The Balaban J connectivity index is 1.81.